The standard InChI is InChI=1S/C16H27NO3/c1-5-9-15(13-18)20-16(10-6-2)19-14-17(11-7-3)12-8-4/h7-8,16H,3-6,9-12,14H2,1-2H3. The van der Waals surface area contributed by atoms with Crippen molar-refractivity contribution in [3.8, 4) is 0 Å². The van der Waals surface area contributed by atoms with Crippen molar-refractivity contribution in [3.63, 3.8) is 0 Å². The lowest BCUT2D eigenvalue weighted by molar-refractivity contribution is -0.147. The highest BCUT2D eigenvalue weighted by molar-refractivity contribution is 5.49. The van der Waals surface area contributed by atoms with E-state index < -0.39 is 6.29 Å². The van der Waals surface area contributed by atoms with Gasteiger partial charge in [-0.1, -0.05) is 32.4 Å². The zero-order valence-corrected chi connectivity index (χ0v) is 12.8. The lowest BCUT2D eigenvalue weighted by atomic mass is 10.3. The lowest BCUT2D eigenvalue weighted by Gasteiger charge is -2.24. The van der Waals surface area contributed by atoms with Crippen LogP contribution in [0.4, 0.5) is 0 Å². The summed E-state index contributed by atoms with van der Waals surface area (Å²) in [5.74, 6) is 2.19. The van der Waals surface area contributed by atoms with Gasteiger partial charge in [-0.2, -0.15) is 0 Å². The van der Waals surface area contributed by atoms with Crippen molar-refractivity contribution in [2.75, 3.05) is 19.8 Å². The van der Waals surface area contributed by atoms with Crippen LogP contribution < -0.4 is 0 Å². The molecule has 0 heterocycles. The smallest absolute Gasteiger partial charge is 0.201 e. The third-order valence-corrected chi connectivity index (χ3v) is 2.61. The van der Waals surface area contributed by atoms with Crippen LogP contribution in [0.15, 0.2) is 31.1 Å². The predicted octanol–water partition coefficient (Wildman–Crippen LogP) is 3.29. The molecule has 4 nitrogen and oxygen atoms in total. The van der Waals surface area contributed by atoms with Crippen LogP contribution in [-0.4, -0.2) is 37.0 Å². The number of allylic oxidation sites excluding steroid dienone is 1. The minimum absolute atomic E-state index is 0.338. The highest BCUT2D eigenvalue weighted by atomic mass is 16.7. The molecule has 0 saturated heterocycles. The molecule has 0 aliphatic rings. The molecule has 0 spiro atoms. The third kappa shape index (κ3) is 8.70. The van der Waals surface area contributed by atoms with Gasteiger partial charge in [-0.3, -0.25) is 4.90 Å². The number of hydrogen-bond donors (Lipinski definition) is 0. The van der Waals surface area contributed by atoms with Crippen LogP contribution in [0.1, 0.15) is 39.5 Å². The van der Waals surface area contributed by atoms with E-state index in [0.29, 0.717) is 18.9 Å². The van der Waals surface area contributed by atoms with Crippen LogP contribution in [-0.2, 0) is 14.3 Å². The summed E-state index contributed by atoms with van der Waals surface area (Å²) in [5, 5.41) is 0. The van der Waals surface area contributed by atoms with E-state index in [1.807, 2.05) is 29.9 Å². The fourth-order valence-corrected chi connectivity index (χ4v) is 1.67. The van der Waals surface area contributed by atoms with Gasteiger partial charge in [0.05, 0.1) is 0 Å². The maximum atomic E-state index is 10.8. The molecule has 0 aliphatic heterocycles. The average molecular weight is 281 g/mol. The highest BCUT2D eigenvalue weighted by Crippen LogP contribution is 2.12. The van der Waals surface area contributed by atoms with E-state index in [1.165, 1.54) is 0 Å². The van der Waals surface area contributed by atoms with Crippen molar-refractivity contribution < 1.29 is 14.3 Å². The molecule has 0 aliphatic carbocycles. The van der Waals surface area contributed by atoms with Crippen LogP contribution in [0, 0.1) is 0 Å². The van der Waals surface area contributed by atoms with Gasteiger partial charge in [0.25, 0.3) is 0 Å². The van der Waals surface area contributed by atoms with E-state index in [-0.39, 0.29) is 0 Å². The fraction of sp³-hybridized carbons (Fsp3) is 0.625. The Morgan fingerprint density at radius 1 is 1.25 bits per heavy atom. The highest BCUT2D eigenvalue weighted by Gasteiger charge is 2.13. The molecule has 0 bridgehead atoms. The molecule has 1 atom stereocenters. The van der Waals surface area contributed by atoms with Crippen molar-refractivity contribution in [1.29, 1.82) is 0 Å². The van der Waals surface area contributed by atoms with E-state index in [2.05, 4.69) is 20.1 Å². The number of ether oxygens (including phenoxy) is 2. The Kier molecular flexibility index (Phi) is 11.8. The number of hydrogen-bond acceptors (Lipinski definition) is 4. The monoisotopic (exact) mass is 281 g/mol. The molecule has 1 unspecified atom stereocenters. The molecule has 0 fully saturated rings. The molecule has 0 N–H and O–H groups in total. The first kappa shape index (κ1) is 18.7. The van der Waals surface area contributed by atoms with E-state index in [1.54, 1.807) is 0 Å². The Labute approximate surface area is 122 Å². The Morgan fingerprint density at radius 3 is 2.35 bits per heavy atom. The number of carbonyl (C=O) groups excluding carboxylic acids is 1. The molecule has 0 aromatic carbocycles. The Hall–Kier alpha value is -1.35. The molecular weight excluding hydrogens is 254 g/mol. The maximum Gasteiger partial charge on any atom is 0.201 e. The molecule has 0 amide bonds. The zero-order chi connectivity index (χ0) is 15.2. The van der Waals surface area contributed by atoms with Gasteiger partial charge in [-0.05, 0) is 6.42 Å². The second-order valence-corrected chi connectivity index (χ2v) is 4.52. The normalized spacial score (nSPS) is 11.8. The van der Waals surface area contributed by atoms with Gasteiger partial charge in [0, 0.05) is 25.9 Å². The minimum atomic E-state index is -0.403. The van der Waals surface area contributed by atoms with Crippen molar-refractivity contribution in [1.82, 2.24) is 4.90 Å². The van der Waals surface area contributed by atoms with Gasteiger partial charge in [-0.25, -0.2) is 4.79 Å². The summed E-state index contributed by atoms with van der Waals surface area (Å²) in [4.78, 5) is 12.8. The van der Waals surface area contributed by atoms with Crippen LogP contribution in [0.25, 0.3) is 0 Å². The predicted molar refractivity (Wildman–Crippen MR) is 81.8 cm³/mol. The first-order chi connectivity index (χ1) is 9.71. The summed E-state index contributed by atoms with van der Waals surface area (Å²) in [6, 6.07) is 0. The summed E-state index contributed by atoms with van der Waals surface area (Å²) in [7, 11) is 0. The second kappa shape index (κ2) is 12.7. The molecular formula is C16H27NO3. The number of nitrogens with zero attached hydrogens (tertiary/aromatic N) is 1. The van der Waals surface area contributed by atoms with E-state index in [9.17, 15) is 4.79 Å². The van der Waals surface area contributed by atoms with Crippen molar-refractivity contribution >= 4 is 5.94 Å². The third-order valence-electron chi connectivity index (χ3n) is 2.61. The second-order valence-electron chi connectivity index (χ2n) is 4.52. The average Bonchev–Trinajstić information content (AvgIpc) is 2.44. The minimum Gasteiger partial charge on any atom is -0.458 e. The summed E-state index contributed by atoms with van der Waals surface area (Å²) in [6.45, 7) is 13.3. The summed E-state index contributed by atoms with van der Waals surface area (Å²) in [6.07, 6.45) is 6.34. The van der Waals surface area contributed by atoms with Crippen LogP contribution in [0.3, 0.4) is 0 Å². The molecule has 0 rings (SSSR count). The topological polar surface area (TPSA) is 38.8 Å². The van der Waals surface area contributed by atoms with Gasteiger partial charge in [0.1, 0.15) is 6.73 Å². The van der Waals surface area contributed by atoms with Gasteiger partial charge >= 0.3 is 0 Å². The molecule has 4 heteroatoms. The van der Waals surface area contributed by atoms with Crippen LogP contribution in [0.5, 0.6) is 0 Å². The lowest BCUT2D eigenvalue weighted by Crippen LogP contribution is -2.30. The summed E-state index contributed by atoms with van der Waals surface area (Å²) < 4.78 is 11.3. The Bertz CT molecular complexity index is 312. The van der Waals surface area contributed by atoms with E-state index in [0.717, 1.165) is 32.4 Å². The van der Waals surface area contributed by atoms with Gasteiger partial charge in [0.15, 0.2) is 11.7 Å². The van der Waals surface area contributed by atoms with Gasteiger partial charge in [-0.15, -0.1) is 13.2 Å². The quantitative estimate of drug-likeness (QED) is 0.225. The molecule has 20 heavy (non-hydrogen) atoms. The first-order valence-corrected chi connectivity index (χ1v) is 7.18. The molecule has 0 aromatic heterocycles. The Morgan fingerprint density at radius 2 is 1.90 bits per heavy atom. The van der Waals surface area contributed by atoms with Gasteiger partial charge in [0.2, 0.25) is 6.29 Å². The molecule has 114 valence electrons. The molecule has 0 saturated carbocycles. The molecule has 0 aromatic rings. The van der Waals surface area contributed by atoms with Crippen LogP contribution in [0.2, 0.25) is 0 Å². The van der Waals surface area contributed by atoms with Crippen molar-refractivity contribution in [3.05, 3.63) is 31.1 Å². The fourth-order valence-electron chi connectivity index (χ4n) is 1.67. The van der Waals surface area contributed by atoms with E-state index >= 15 is 0 Å². The van der Waals surface area contributed by atoms with Crippen LogP contribution >= 0.6 is 0 Å². The summed E-state index contributed by atoms with van der Waals surface area (Å²) in [5.41, 5.74) is 0. The van der Waals surface area contributed by atoms with Crippen molar-refractivity contribution in [2.45, 2.75) is 45.8 Å². The zero-order valence-electron chi connectivity index (χ0n) is 12.8. The van der Waals surface area contributed by atoms with E-state index in [4.69, 9.17) is 9.47 Å². The largest absolute Gasteiger partial charge is 0.458 e. The SMILES string of the molecule is C=CCN(CC=C)COC(CCC)OC(=C=O)CCC. The summed E-state index contributed by atoms with van der Waals surface area (Å²) >= 11 is 0. The number of rotatable bonds is 13. The Balaban J connectivity index is 4.40. The maximum absolute atomic E-state index is 10.8. The first-order valence-electron chi connectivity index (χ1n) is 7.18. The van der Waals surface area contributed by atoms with Gasteiger partial charge < -0.3 is 9.47 Å². The molecule has 0 radical (unpaired) electrons. The van der Waals surface area contributed by atoms with Crippen molar-refractivity contribution in [2.24, 2.45) is 0 Å².